The van der Waals surface area contributed by atoms with E-state index in [1.54, 1.807) is 11.8 Å². The molecule has 2 aromatic rings. The van der Waals surface area contributed by atoms with Crippen molar-refractivity contribution in [1.29, 1.82) is 0 Å². The molecule has 21 heavy (non-hydrogen) atoms. The minimum absolute atomic E-state index is 0.150. The molecule has 0 spiro atoms. The fraction of sp³-hybridized carbons (Fsp3) is 0.333. The molecule has 4 nitrogen and oxygen atoms in total. The topological polar surface area (TPSA) is 63.8 Å². The van der Waals surface area contributed by atoms with Crippen LogP contribution >= 0.6 is 23.4 Å². The minimum Gasteiger partial charge on any atom is -0.308 e. The van der Waals surface area contributed by atoms with Gasteiger partial charge in [0.2, 0.25) is 0 Å². The largest absolute Gasteiger partial charge is 0.308 e. The molecular weight excluding hydrogens is 304 g/mol. The number of nitrogens with zero attached hydrogens (tertiary/aromatic N) is 2. The lowest BCUT2D eigenvalue weighted by Gasteiger charge is -2.20. The Labute approximate surface area is 134 Å². The summed E-state index contributed by atoms with van der Waals surface area (Å²) < 4.78 is 0. The van der Waals surface area contributed by atoms with Gasteiger partial charge in [0.25, 0.3) is 0 Å². The SMILES string of the molecule is Cc1c(NN)nc(C(C)(C)C)nc1Sc1cccc(Cl)c1. The summed E-state index contributed by atoms with van der Waals surface area (Å²) in [4.78, 5) is 10.2. The van der Waals surface area contributed by atoms with Gasteiger partial charge in [0.1, 0.15) is 16.7 Å². The van der Waals surface area contributed by atoms with Gasteiger partial charge in [-0.2, -0.15) is 0 Å². The second-order valence-corrected chi connectivity index (χ2v) is 7.28. The van der Waals surface area contributed by atoms with Crippen molar-refractivity contribution in [2.75, 3.05) is 5.43 Å². The molecular formula is C15H19ClN4S. The van der Waals surface area contributed by atoms with E-state index in [1.165, 1.54) is 0 Å². The standard InChI is InChI=1S/C15H19ClN4S/c1-9-12(20-17)18-14(15(2,3)4)19-13(9)21-11-7-5-6-10(16)8-11/h5-8H,17H2,1-4H3,(H,18,19,20). The van der Waals surface area contributed by atoms with Crippen molar-refractivity contribution in [2.45, 2.75) is 43.0 Å². The molecule has 1 heterocycles. The normalized spacial score (nSPS) is 11.5. The Morgan fingerprint density at radius 3 is 2.52 bits per heavy atom. The lowest BCUT2D eigenvalue weighted by molar-refractivity contribution is 0.538. The number of rotatable bonds is 3. The molecule has 6 heteroatoms. The number of nitrogen functional groups attached to an aromatic ring is 1. The molecule has 0 amide bonds. The molecule has 3 N–H and O–H groups in total. The predicted octanol–water partition coefficient (Wildman–Crippen LogP) is 4.17. The van der Waals surface area contributed by atoms with Crippen molar-refractivity contribution in [3.63, 3.8) is 0 Å². The van der Waals surface area contributed by atoms with Crippen molar-refractivity contribution in [2.24, 2.45) is 5.84 Å². The van der Waals surface area contributed by atoms with E-state index in [-0.39, 0.29) is 5.41 Å². The van der Waals surface area contributed by atoms with Crippen LogP contribution in [0.2, 0.25) is 5.02 Å². The first-order valence-electron chi connectivity index (χ1n) is 6.60. The van der Waals surface area contributed by atoms with Crippen LogP contribution in [0.25, 0.3) is 0 Å². The van der Waals surface area contributed by atoms with E-state index in [9.17, 15) is 0 Å². The van der Waals surface area contributed by atoms with Gasteiger partial charge >= 0.3 is 0 Å². The maximum Gasteiger partial charge on any atom is 0.147 e. The third-order valence-corrected chi connectivity index (χ3v) is 4.23. The van der Waals surface area contributed by atoms with Crippen molar-refractivity contribution in [3.8, 4) is 0 Å². The number of halogens is 1. The van der Waals surface area contributed by atoms with Gasteiger partial charge in [-0.05, 0) is 25.1 Å². The maximum absolute atomic E-state index is 6.03. The van der Waals surface area contributed by atoms with E-state index in [4.69, 9.17) is 22.4 Å². The number of hydrogen-bond donors (Lipinski definition) is 2. The van der Waals surface area contributed by atoms with E-state index in [0.29, 0.717) is 10.8 Å². The van der Waals surface area contributed by atoms with Gasteiger partial charge in [-0.3, -0.25) is 0 Å². The van der Waals surface area contributed by atoms with E-state index in [2.05, 4.69) is 31.2 Å². The molecule has 112 valence electrons. The fourth-order valence-corrected chi connectivity index (χ4v) is 2.91. The molecule has 0 aliphatic rings. The predicted molar refractivity (Wildman–Crippen MR) is 88.9 cm³/mol. The molecule has 0 saturated carbocycles. The summed E-state index contributed by atoms with van der Waals surface area (Å²) >= 11 is 7.59. The Kier molecular flexibility index (Phi) is 4.76. The highest BCUT2D eigenvalue weighted by molar-refractivity contribution is 7.99. The van der Waals surface area contributed by atoms with Gasteiger partial charge in [-0.15, -0.1) is 0 Å². The Morgan fingerprint density at radius 2 is 1.95 bits per heavy atom. The summed E-state index contributed by atoms with van der Waals surface area (Å²) in [6, 6.07) is 7.70. The molecule has 0 unspecified atom stereocenters. The molecule has 1 aromatic carbocycles. The summed E-state index contributed by atoms with van der Waals surface area (Å²) in [5.74, 6) is 6.99. The Bertz CT molecular complexity index is 653. The molecule has 0 fully saturated rings. The van der Waals surface area contributed by atoms with Gasteiger partial charge < -0.3 is 5.43 Å². The minimum atomic E-state index is -0.150. The first kappa shape index (κ1) is 16.1. The second-order valence-electron chi connectivity index (χ2n) is 5.78. The fourth-order valence-electron chi connectivity index (χ4n) is 1.71. The van der Waals surface area contributed by atoms with E-state index >= 15 is 0 Å². The lowest BCUT2D eigenvalue weighted by Crippen LogP contribution is -2.20. The highest BCUT2D eigenvalue weighted by Gasteiger charge is 2.21. The number of aromatic nitrogens is 2. The third-order valence-electron chi connectivity index (χ3n) is 2.92. The molecule has 0 atom stereocenters. The van der Waals surface area contributed by atoms with Crippen LogP contribution in [0.5, 0.6) is 0 Å². The third kappa shape index (κ3) is 3.87. The lowest BCUT2D eigenvalue weighted by atomic mass is 9.95. The molecule has 0 aliphatic heterocycles. The van der Waals surface area contributed by atoms with Gasteiger partial charge in [0.15, 0.2) is 0 Å². The average Bonchev–Trinajstić information content (AvgIpc) is 2.40. The molecule has 0 aliphatic carbocycles. The number of nitrogens with one attached hydrogen (secondary N) is 1. The Morgan fingerprint density at radius 1 is 1.24 bits per heavy atom. The molecule has 1 aromatic heterocycles. The molecule has 2 rings (SSSR count). The monoisotopic (exact) mass is 322 g/mol. The van der Waals surface area contributed by atoms with E-state index in [0.717, 1.165) is 21.3 Å². The average molecular weight is 323 g/mol. The van der Waals surface area contributed by atoms with Crippen molar-refractivity contribution < 1.29 is 0 Å². The highest BCUT2D eigenvalue weighted by atomic mass is 35.5. The number of hydrogen-bond acceptors (Lipinski definition) is 5. The van der Waals surface area contributed by atoms with Gasteiger partial charge in [0, 0.05) is 20.9 Å². The van der Waals surface area contributed by atoms with Crippen molar-refractivity contribution >= 4 is 29.2 Å². The number of anilines is 1. The van der Waals surface area contributed by atoms with Crippen LogP contribution in [0.1, 0.15) is 32.2 Å². The van der Waals surface area contributed by atoms with Crippen LogP contribution in [0.4, 0.5) is 5.82 Å². The Hall–Kier alpha value is -1.30. The smallest absolute Gasteiger partial charge is 0.147 e. The number of hydrazine groups is 1. The van der Waals surface area contributed by atoms with Crippen molar-refractivity contribution in [1.82, 2.24) is 9.97 Å². The summed E-state index contributed by atoms with van der Waals surface area (Å²) in [5, 5.41) is 1.59. The van der Waals surface area contributed by atoms with Crippen LogP contribution in [0, 0.1) is 6.92 Å². The molecule has 0 saturated heterocycles. The van der Waals surface area contributed by atoms with Gasteiger partial charge in [-0.25, -0.2) is 15.8 Å². The zero-order valence-electron chi connectivity index (χ0n) is 12.6. The van der Waals surface area contributed by atoms with Crippen molar-refractivity contribution in [3.05, 3.63) is 40.7 Å². The second kappa shape index (κ2) is 6.22. The highest BCUT2D eigenvalue weighted by Crippen LogP contribution is 2.34. The summed E-state index contributed by atoms with van der Waals surface area (Å²) in [7, 11) is 0. The Balaban J connectivity index is 2.47. The zero-order valence-corrected chi connectivity index (χ0v) is 14.1. The molecule has 0 bridgehead atoms. The summed E-state index contributed by atoms with van der Waals surface area (Å²) in [6.07, 6.45) is 0. The van der Waals surface area contributed by atoms with Crippen LogP contribution in [0.15, 0.2) is 34.2 Å². The van der Waals surface area contributed by atoms with Crippen LogP contribution in [-0.2, 0) is 5.41 Å². The van der Waals surface area contributed by atoms with Gasteiger partial charge in [0.05, 0.1) is 0 Å². The number of nitrogens with two attached hydrogens (primary N) is 1. The van der Waals surface area contributed by atoms with Crippen LogP contribution in [-0.4, -0.2) is 9.97 Å². The van der Waals surface area contributed by atoms with Gasteiger partial charge in [-0.1, -0.05) is 50.2 Å². The molecule has 0 radical (unpaired) electrons. The number of benzene rings is 1. The first-order valence-corrected chi connectivity index (χ1v) is 7.80. The first-order chi connectivity index (χ1) is 9.81. The zero-order chi connectivity index (χ0) is 15.6. The maximum atomic E-state index is 6.03. The summed E-state index contributed by atoms with van der Waals surface area (Å²) in [5.41, 5.74) is 3.43. The van der Waals surface area contributed by atoms with Crippen LogP contribution < -0.4 is 11.3 Å². The summed E-state index contributed by atoms with van der Waals surface area (Å²) in [6.45, 7) is 8.18. The van der Waals surface area contributed by atoms with E-state index in [1.807, 2.05) is 31.2 Å². The van der Waals surface area contributed by atoms with Crippen LogP contribution in [0.3, 0.4) is 0 Å². The quantitative estimate of drug-likeness (QED) is 0.504. The van der Waals surface area contributed by atoms with E-state index < -0.39 is 0 Å².